The van der Waals surface area contributed by atoms with Crippen LogP contribution in [0.2, 0.25) is 0 Å². The molecule has 1 aromatic heterocycles. The summed E-state index contributed by atoms with van der Waals surface area (Å²) in [5.41, 5.74) is 4.36. The number of benzene rings is 1. The van der Waals surface area contributed by atoms with E-state index in [9.17, 15) is 4.79 Å². The number of hydrogen-bond acceptors (Lipinski definition) is 7. The predicted octanol–water partition coefficient (Wildman–Crippen LogP) is 3.87. The molecule has 0 unspecified atom stereocenters. The molecule has 1 aliphatic heterocycles. The van der Waals surface area contributed by atoms with Crippen LogP contribution in [0.15, 0.2) is 24.3 Å². The quantitative estimate of drug-likeness (QED) is 0.546. The monoisotopic (exact) mass is 466 g/mol. The fourth-order valence-corrected chi connectivity index (χ4v) is 5.41. The number of nitrogens with one attached hydrogen (secondary N) is 2. The Hall–Kier alpha value is -2.63. The molecule has 2 N–H and O–H groups in total. The molecule has 7 nitrogen and oxygen atoms in total. The number of anilines is 2. The highest BCUT2D eigenvalue weighted by molar-refractivity contribution is 7.11. The van der Waals surface area contributed by atoms with Gasteiger partial charge in [0.1, 0.15) is 17.6 Å². The Morgan fingerprint density at radius 1 is 1.21 bits per heavy atom. The van der Waals surface area contributed by atoms with Crippen molar-refractivity contribution < 1.29 is 4.79 Å². The maximum absolute atomic E-state index is 12.6. The SMILES string of the molecule is Cc1nsc(N[C@@H](CC(C)C)C(=O)NCC#N)c1-c1ccc(N2CCN(C3CC3)CC2)cc1. The Kier molecular flexibility index (Phi) is 7.51. The Labute approximate surface area is 200 Å². The number of amides is 1. The fraction of sp³-hybridized carbons (Fsp3) is 0.560. The van der Waals surface area contributed by atoms with Gasteiger partial charge in [0.05, 0.1) is 11.8 Å². The molecule has 8 heteroatoms. The minimum atomic E-state index is -0.404. The molecular formula is C25H34N6OS. The second-order valence-electron chi connectivity index (χ2n) is 9.48. The highest BCUT2D eigenvalue weighted by Crippen LogP contribution is 2.37. The Bertz CT molecular complexity index is 983. The molecule has 4 rings (SSSR count). The van der Waals surface area contributed by atoms with Crippen molar-refractivity contribution in [2.45, 2.75) is 52.1 Å². The van der Waals surface area contributed by atoms with Gasteiger partial charge in [-0.2, -0.15) is 9.64 Å². The van der Waals surface area contributed by atoms with E-state index in [1.807, 2.05) is 13.0 Å². The van der Waals surface area contributed by atoms with Crippen LogP contribution in [-0.4, -0.2) is 60.0 Å². The molecule has 1 saturated carbocycles. The summed E-state index contributed by atoms with van der Waals surface area (Å²) >= 11 is 1.39. The van der Waals surface area contributed by atoms with Crippen molar-refractivity contribution in [3.63, 3.8) is 0 Å². The molecule has 33 heavy (non-hydrogen) atoms. The summed E-state index contributed by atoms with van der Waals surface area (Å²) in [4.78, 5) is 17.7. The summed E-state index contributed by atoms with van der Waals surface area (Å²) in [5, 5.41) is 15.8. The van der Waals surface area contributed by atoms with E-state index in [0.717, 1.165) is 54.0 Å². The lowest BCUT2D eigenvalue weighted by Crippen LogP contribution is -2.47. The average Bonchev–Trinajstić information content (AvgIpc) is 3.60. The lowest BCUT2D eigenvalue weighted by Gasteiger charge is -2.36. The predicted molar refractivity (Wildman–Crippen MR) is 135 cm³/mol. The van der Waals surface area contributed by atoms with Crippen LogP contribution in [0, 0.1) is 24.2 Å². The number of aromatic nitrogens is 1. The molecule has 1 aliphatic carbocycles. The maximum Gasteiger partial charge on any atom is 0.243 e. The van der Waals surface area contributed by atoms with Crippen LogP contribution in [0.5, 0.6) is 0 Å². The van der Waals surface area contributed by atoms with E-state index in [1.54, 1.807) is 0 Å². The molecule has 0 bridgehead atoms. The number of hydrogen-bond donors (Lipinski definition) is 2. The van der Waals surface area contributed by atoms with Crippen LogP contribution in [-0.2, 0) is 4.79 Å². The zero-order valence-electron chi connectivity index (χ0n) is 19.8. The minimum Gasteiger partial charge on any atom is -0.369 e. The van der Waals surface area contributed by atoms with Crippen LogP contribution in [0.3, 0.4) is 0 Å². The number of carbonyl (C=O) groups is 1. The fourth-order valence-electron chi connectivity index (χ4n) is 4.54. The summed E-state index contributed by atoms with van der Waals surface area (Å²) in [6.45, 7) is 10.7. The molecule has 1 atom stereocenters. The third-order valence-corrected chi connectivity index (χ3v) is 7.30. The number of aryl methyl sites for hydroxylation is 1. The third-order valence-electron chi connectivity index (χ3n) is 6.43. The smallest absolute Gasteiger partial charge is 0.243 e. The number of piperazine rings is 1. The summed E-state index contributed by atoms with van der Waals surface area (Å²) in [6.07, 6.45) is 3.42. The number of carbonyl (C=O) groups excluding carboxylic acids is 1. The number of rotatable bonds is 9. The first kappa shape index (κ1) is 23.5. The Balaban J connectivity index is 1.47. The zero-order valence-corrected chi connectivity index (χ0v) is 20.6. The minimum absolute atomic E-state index is 0.0140. The highest BCUT2D eigenvalue weighted by Gasteiger charge is 2.31. The van der Waals surface area contributed by atoms with E-state index in [0.29, 0.717) is 12.3 Å². The van der Waals surface area contributed by atoms with Gasteiger partial charge in [-0.1, -0.05) is 26.0 Å². The van der Waals surface area contributed by atoms with Gasteiger partial charge in [-0.15, -0.1) is 0 Å². The molecule has 2 aromatic rings. The van der Waals surface area contributed by atoms with Crippen LogP contribution in [0.25, 0.3) is 11.1 Å². The zero-order chi connectivity index (χ0) is 23.4. The summed E-state index contributed by atoms with van der Waals surface area (Å²) in [5.74, 6) is 0.190. The van der Waals surface area contributed by atoms with Gasteiger partial charge >= 0.3 is 0 Å². The summed E-state index contributed by atoms with van der Waals surface area (Å²) in [6, 6.07) is 11.2. The van der Waals surface area contributed by atoms with Crippen molar-refractivity contribution in [3.05, 3.63) is 30.0 Å². The van der Waals surface area contributed by atoms with Gasteiger partial charge in [0.15, 0.2) is 0 Å². The van der Waals surface area contributed by atoms with E-state index in [1.165, 1.54) is 30.1 Å². The van der Waals surface area contributed by atoms with Gasteiger partial charge in [-0.3, -0.25) is 9.69 Å². The number of nitriles is 1. The van der Waals surface area contributed by atoms with Gasteiger partial charge in [0.2, 0.25) is 5.91 Å². The molecule has 0 radical (unpaired) electrons. The van der Waals surface area contributed by atoms with Crippen LogP contribution in [0.1, 0.15) is 38.8 Å². The van der Waals surface area contributed by atoms with Gasteiger partial charge in [-0.25, -0.2) is 0 Å². The number of nitrogens with zero attached hydrogens (tertiary/aromatic N) is 4. The van der Waals surface area contributed by atoms with Crippen molar-refractivity contribution in [3.8, 4) is 17.2 Å². The van der Waals surface area contributed by atoms with Gasteiger partial charge in [-0.05, 0) is 61.3 Å². The van der Waals surface area contributed by atoms with Crippen molar-refractivity contribution in [1.82, 2.24) is 14.6 Å². The molecule has 0 spiro atoms. The second kappa shape index (κ2) is 10.5. The van der Waals surface area contributed by atoms with Crippen LogP contribution in [0.4, 0.5) is 10.7 Å². The van der Waals surface area contributed by atoms with Gasteiger partial charge < -0.3 is 15.5 Å². The lowest BCUT2D eigenvalue weighted by atomic mass is 10.0. The molecule has 176 valence electrons. The largest absolute Gasteiger partial charge is 0.369 e. The molecule has 2 heterocycles. The normalized spacial score (nSPS) is 17.6. The third kappa shape index (κ3) is 5.84. The molecule has 1 amide bonds. The summed E-state index contributed by atoms with van der Waals surface area (Å²) in [7, 11) is 0. The Morgan fingerprint density at radius 3 is 2.52 bits per heavy atom. The first-order valence-electron chi connectivity index (χ1n) is 11.9. The Morgan fingerprint density at radius 2 is 1.91 bits per heavy atom. The van der Waals surface area contributed by atoms with E-state index in [-0.39, 0.29) is 12.5 Å². The van der Waals surface area contributed by atoms with Crippen molar-refractivity contribution in [2.75, 3.05) is 42.9 Å². The van der Waals surface area contributed by atoms with E-state index < -0.39 is 6.04 Å². The van der Waals surface area contributed by atoms with Gasteiger partial charge in [0, 0.05) is 43.5 Å². The van der Waals surface area contributed by atoms with Crippen LogP contribution < -0.4 is 15.5 Å². The lowest BCUT2D eigenvalue weighted by molar-refractivity contribution is -0.121. The summed E-state index contributed by atoms with van der Waals surface area (Å²) < 4.78 is 4.57. The van der Waals surface area contributed by atoms with E-state index in [4.69, 9.17) is 5.26 Å². The second-order valence-corrected chi connectivity index (χ2v) is 10.2. The maximum atomic E-state index is 12.6. The molecule has 1 saturated heterocycles. The van der Waals surface area contributed by atoms with Crippen molar-refractivity contribution in [2.24, 2.45) is 5.92 Å². The average molecular weight is 467 g/mol. The first-order chi connectivity index (χ1) is 16.0. The van der Waals surface area contributed by atoms with Crippen molar-refractivity contribution >= 4 is 28.1 Å². The standard InChI is InChI=1S/C25H34N6OS/c1-17(2)16-22(24(32)27-11-10-26)28-25-23(18(3)29-33-25)19-4-6-20(7-5-19)30-12-14-31(15-13-30)21-8-9-21/h4-7,17,21-22,28H,8-9,11-16H2,1-3H3,(H,27,32)/t22-/m0/s1. The van der Waals surface area contributed by atoms with Crippen molar-refractivity contribution in [1.29, 1.82) is 5.26 Å². The van der Waals surface area contributed by atoms with Crippen LogP contribution >= 0.6 is 11.5 Å². The molecule has 2 fully saturated rings. The van der Waals surface area contributed by atoms with Gasteiger partial charge in [0.25, 0.3) is 0 Å². The van der Waals surface area contributed by atoms with E-state index in [2.05, 4.69) is 62.9 Å². The molecular weight excluding hydrogens is 432 g/mol. The molecule has 1 aromatic carbocycles. The van der Waals surface area contributed by atoms with E-state index >= 15 is 0 Å². The topological polar surface area (TPSA) is 84.3 Å². The highest BCUT2D eigenvalue weighted by atomic mass is 32.1. The first-order valence-corrected chi connectivity index (χ1v) is 12.7. The molecule has 2 aliphatic rings.